The maximum atomic E-state index is 9.95. The normalized spacial score (nSPS) is 14.0. The van der Waals surface area contributed by atoms with E-state index in [4.69, 9.17) is 0 Å². The van der Waals surface area contributed by atoms with Crippen molar-refractivity contribution in [3.63, 3.8) is 0 Å². The van der Waals surface area contributed by atoms with Gasteiger partial charge in [-0.3, -0.25) is 4.98 Å². The molecule has 1 atom stereocenters. The molecule has 0 aliphatic rings. The highest BCUT2D eigenvalue weighted by Gasteiger charge is 2.25. The molecule has 0 saturated carbocycles. The summed E-state index contributed by atoms with van der Waals surface area (Å²) in [6.07, 6.45) is 0.839. The van der Waals surface area contributed by atoms with Crippen LogP contribution in [-0.4, -0.2) is 20.8 Å². The van der Waals surface area contributed by atoms with Gasteiger partial charge >= 0.3 is 0 Å². The van der Waals surface area contributed by atoms with Crippen LogP contribution in [0.4, 0.5) is 0 Å². The molecule has 1 heterocycles. The quantitative estimate of drug-likeness (QED) is 0.809. The molecule has 1 aromatic carbocycles. The summed E-state index contributed by atoms with van der Waals surface area (Å²) in [6, 6.07) is 9.27. The summed E-state index contributed by atoms with van der Waals surface area (Å²) in [5, 5.41) is 20.7. The lowest BCUT2D eigenvalue weighted by Crippen LogP contribution is -2.28. The van der Waals surface area contributed by atoms with Gasteiger partial charge in [0, 0.05) is 11.6 Å². The van der Waals surface area contributed by atoms with Crippen LogP contribution in [0.15, 0.2) is 36.5 Å². The number of fused-ring (bicyclic) bond motifs is 1. The molecule has 1 unspecified atom stereocenters. The number of pyridine rings is 1. The Bertz CT molecular complexity index is 503. The van der Waals surface area contributed by atoms with E-state index in [0.717, 1.165) is 10.9 Å². The highest BCUT2D eigenvalue weighted by atomic mass is 16.3. The van der Waals surface area contributed by atoms with Crippen molar-refractivity contribution in [2.24, 2.45) is 0 Å². The van der Waals surface area contributed by atoms with Crippen molar-refractivity contribution in [1.82, 2.24) is 4.98 Å². The number of nitrogens with zero attached hydrogens (tertiary/aromatic N) is 1. The lowest BCUT2D eigenvalue weighted by Gasteiger charge is -2.24. The fourth-order valence-electron chi connectivity index (χ4n) is 1.67. The van der Waals surface area contributed by atoms with Gasteiger partial charge in [0.2, 0.25) is 0 Å². The van der Waals surface area contributed by atoms with Crippen LogP contribution in [0.2, 0.25) is 0 Å². The summed E-state index contributed by atoms with van der Waals surface area (Å²) in [7, 11) is 0. The van der Waals surface area contributed by atoms with Gasteiger partial charge in [0.1, 0.15) is 6.10 Å². The van der Waals surface area contributed by atoms with E-state index in [9.17, 15) is 10.2 Å². The highest BCUT2D eigenvalue weighted by Crippen LogP contribution is 2.27. The lowest BCUT2D eigenvalue weighted by molar-refractivity contribution is -0.0496. The zero-order chi connectivity index (χ0) is 11.8. The smallest absolute Gasteiger partial charge is 0.107 e. The summed E-state index contributed by atoms with van der Waals surface area (Å²) in [5.41, 5.74) is 0.442. The third-order valence-electron chi connectivity index (χ3n) is 2.61. The van der Waals surface area contributed by atoms with E-state index in [1.54, 1.807) is 26.1 Å². The molecule has 16 heavy (non-hydrogen) atoms. The van der Waals surface area contributed by atoms with Crippen LogP contribution in [-0.2, 0) is 0 Å². The van der Waals surface area contributed by atoms with Gasteiger partial charge in [0.25, 0.3) is 0 Å². The Kier molecular flexibility index (Phi) is 2.66. The van der Waals surface area contributed by atoms with Crippen LogP contribution in [0.25, 0.3) is 10.9 Å². The molecule has 2 N–H and O–H groups in total. The van der Waals surface area contributed by atoms with E-state index < -0.39 is 11.7 Å². The molecular weight excluding hydrogens is 202 g/mol. The predicted molar refractivity (Wildman–Crippen MR) is 63.0 cm³/mol. The fourth-order valence-corrected chi connectivity index (χ4v) is 1.67. The van der Waals surface area contributed by atoms with E-state index in [1.165, 1.54) is 0 Å². The van der Waals surface area contributed by atoms with Gasteiger partial charge in [-0.05, 0) is 37.6 Å². The van der Waals surface area contributed by atoms with Gasteiger partial charge in [0.15, 0.2) is 0 Å². The summed E-state index contributed by atoms with van der Waals surface area (Å²) >= 11 is 0. The molecule has 0 spiro atoms. The van der Waals surface area contributed by atoms with Gasteiger partial charge in [-0.15, -0.1) is 0 Å². The van der Waals surface area contributed by atoms with Crippen molar-refractivity contribution < 1.29 is 10.2 Å². The molecule has 0 aliphatic carbocycles. The first kappa shape index (κ1) is 11.0. The number of rotatable bonds is 2. The maximum absolute atomic E-state index is 9.95. The van der Waals surface area contributed by atoms with Crippen LogP contribution in [0.3, 0.4) is 0 Å². The van der Waals surface area contributed by atoms with Crippen LogP contribution in [0.5, 0.6) is 0 Å². The van der Waals surface area contributed by atoms with Crippen molar-refractivity contribution in [3.8, 4) is 0 Å². The molecule has 3 nitrogen and oxygen atoms in total. The minimum atomic E-state index is -1.14. The zero-order valence-electron chi connectivity index (χ0n) is 9.38. The number of aromatic nitrogens is 1. The molecule has 84 valence electrons. The molecular formula is C13H15NO2. The Balaban J connectivity index is 2.47. The first-order valence-corrected chi connectivity index (χ1v) is 5.23. The van der Waals surface area contributed by atoms with E-state index in [2.05, 4.69) is 4.98 Å². The van der Waals surface area contributed by atoms with Crippen LogP contribution in [0.1, 0.15) is 25.5 Å². The first-order chi connectivity index (χ1) is 7.48. The SMILES string of the molecule is CC(C)(O)C(O)c1ccc2ncccc2c1. The van der Waals surface area contributed by atoms with Crippen molar-refractivity contribution in [2.45, 2.75) is 25.6 Å². The van der Waals surface area contributed by atoms with Crippen molar-refractivity contribution >= 4 is 10.9 Å². The van der Waals surface area contributed by atoms with E-state index in [0.29, 0.717) is 5.56 Å². The van der Waals surface area contributed by atoms with Crippen molar-refractivity contribution in [1.29, 1.82) is 0 Å². The minimum absolute atomic E-state index is 0.702. The molecule has 0 aliphatic heterocycles. The average molecular weight is 217 g/mol. The van der Waals surface area contributed by atoms with Gasteiger partial charge in [-0.1, -0.05) is 12.1 Å². The van der Waals surface area contributed by atoms with Crippen molar-refractivity contribution in [3.05, 3.63) is 42.1 Å². The van der Waals surface area contributed by atoms with Gasteiger partial charge in [-0.25, -0.2) is 0 Å². The fraction of sp³-hybridized carbons (Fsp3) is 0.308. The minimum Gasteiger partial charge on any atom is -0.387 e. The zero-order valence-corrected chi connectivity index (χ0v) is 9.38. The number of aliphatic hydroxyl groups is 2. The molecule has 3 heteroatoms. The molecule has 0 bridgehead atoms. The largest absolute Gasteiger partial charge is 0.387 e. The first-order valence-electron chi connectivity index (χ1n) is 5.23. The standard InChI is InChI=1S/C13H15NO2/c1-13(2,16)12(15)10-5-6-11-9(8-10)4-3-7-14-11/h3-8,12,15-16H,1-2H3. The molecule has 0 saturated heterocycles. The molecule has 2 aromatic rings. The third kappa shape index (κ3) is 2.05. The predicted octanol–water partition coefficient (Wildman–Crippen LogP) is 2.04. The second-order valence-corrected chi connectivity index (χ2v) is 4.51. The molecule has 0 radical (unpaired) electrons. The Morgan fingerprint density at radius 2 is 2.00 bits per heavy atom. The molecule has 0 amide bonds. The summed E-state index contributed by atoms with van der Waals surface area (Å²) in [6.45, 7) is 3.18. The van der Waals surface area contributed by atoms with Gasteiger partial charge in [0.05, 0.1) is 11.1 Å². The van der Waals surface area contributed by atoms with E-state index in [1.807, 2.05) is 24.3 Å². The second-order valence-electron chi connectivity index (χ2n) is 4.51. The summed E-state index contributed by atoms with van der Waals surface area (Å²) in [4.78, 5) is 4.20. The Morgan fingerprint density at radius 3 is 2.69 bits per heavy atom. The topological polar surface area (TPSA) is 53.4 Å². The number of hydrogen-bond acceptors (Lipinski definition) is 3. The second kappa shape index (κ2) is 3.85. The van der Waals surface area contributed by atoms with Crippen LogP contribution < -0.4 is 0 Å². The Hall–Kier alpha value is -1.45. The van der Waals surface area contributed by atoms with Gasteiger partial charge in [-0.2, -0.15) is 0 Å². The van der Waals surface area contributed by atoms with Crippen molar-refractivity contribution in [2.75, 3.05) is 0 Å². The highest BCUT2D eigenvalue weighted by molar-refractivity contribution is 5.79. The Labute approximate surface area is 94.4 Å². The summed E-state index contributed by atoms with van der Waals surface area (Å²) < 4.78 is 0. The molecule has 1 aromatic heterocycles. The van der Waals surface area contributed by atoms with Gasteiger partial charge < -0.3 is 10.2 Å². The van der Waals surface area contributed by atoms with Crippen LogP contribution in [0, 0.1) is 0 Å². The van der Waals surface area contributed by atoms with Crippen LogP contribution >= 0.6 is 0 Å². The lowest BCUT2D eigenvalue weighted by atomic mass is 9.94. The molecule has 0 fully saturated rings. The summed E-state index contributed by atoms with van der Waals surface area (Å²) in [5.74, 6) is 0. The number of hydrogen-bond donors (Lipinski definition) is 2. The van der Waals surface area contributed by atoms with E-state index >= 15 is 0 Å². The Morgan fingerprint density at radius 1 is 1.25 bits per heavy atom. The number of aliphatic hydroxyl groups excluding tert-OH is 1. The monoisotopic (exact) mass is 217 g/mol. The van der Waals surface area contributed by atoms with E-state index in [-0.39, 0.29) is 0 Å². The third-order valence-corrected chi connectivity index (χ3v) is 2.61. The molecule has 2 rings (SSSR count). The average Bonchev–Trinajstić information content (AvgIpc) is 2.26. The maximum Gasteiger partial charge on any atom is 0.107 e. The number of benzene rings is 1.